The Morgan fingerprint density at radius 2 is 2.19 bits per heavy atom. The number of rotatable bonds is 6. The Morgan fingerprint density at radius 1 is 1.31 bits per heavy atom. The molecular formula is C20H26N2O3S. The molecule has 0 bridgehead atoms. The maximum atomic E-state index is 12.8. The highest BCUT2D eigenvalue weighted by Gasteiger charge is 2.28. The normalized spacial score (nSPS) is 20.9. The van der Waals surface area contributed by atoms with Gasteiger partial charge in [0, 0.05) is 50.2 Å². The minimum atomic E-state index is 0.131. The molecule has 26 heavy (non-hydrogen) atoms. The lowest BCUT2D eigenvalue weighted by molar-refractivity contribution is 0.0161. The van der Waals surface area contributed by atoms with E-state index in [4.69, 9.17) is 9.47 Å². The Balaban J connectivity index is 1.33. The van der Waals surface area contributed by atoms with Crippen molar-refractivity contribution in [1.29, 1.82) is 0 Å². The van der Waals surface area contributed by atoms with Crippen LogP contribution in [0.5, 0.6) is 0 Å². The number of hydrogen-bond acceptors (Lipinski definition) is 4. The molecule has 6 heteroatoms. The van der Waals surface area contributed by atoms with Crippen molar-refractivity contribution in [3.8, 4) is 0 Å². The average molecular weight is 375 g/mol. The van der Waals surface area contributed by atoms with Gasteiger partial charge in [0.05, 0.1) is 18.2 Å². The maximum Gasteiger partial charge on any atom is 0.255 e. The van der Waals surface area contributed by atoms with Crippen LogP contribution in [0.25, 0.3) is 0 Å². The van der Waals surface area contributed by atoms with Crippen molar-refractivity contribution >= 4 is 17.2 Å². The SMILES string of the molecule is O=C(c1ccsc1)N1Cc2cccn2[C@H](CCOCC2CCOCC2)C1. The number of hydrogen-bond donors (Lipinski definition) is 0. The van der Waals surface area contributed by atoms with Gasteiger partial charge in [-0.25, -0.2) is 0 Å². The molecule has 140 valence electrons. The zero-order chi connectivity index (χ0) is 17.8. The lowest BCUT2D eigenvalue weighted by Crippen LogP contribution is -2.41. The van der Waals surface area contributed by atoms with E-state index in [9.17, 15) is 4.79 Å². The van der Waals surface area contributed by atoms with E-state index in [0.29, 0.717) is 12.5 Å². The van der Waals surface area contributed by atoms with E-state index in [1.165, 1.54) is 5.69 Å². The quantitative estimate of drug-likeness (QED) is 0.726. The molecule has 1 saturated heterocycles. The van der Waals surface area contributed by atoms with Gasteiger partial charge in [0.25, 0.3) is 5.91 Å². The standard InChI is InChI=1S/C20H26N2O3S/c23-20(17-6-11-26-15-17)21-12-18-2-1-7-22(18)19(13-21)5-10-25-14-16-3-8-24-9-4-16/h1-2,6-7,11,15-16,19H,3-5,8-10,12-14H2/t19-/m1/s1. The number of carbonyl (C=O) groups excluding carboxylic acids is 1. The first-order chi connectivity index (χ1) is 12.8. The van der Waals surface area contributed by atoms with E-state index in [1.807, 2.05) is 21.7 Å². The molecule has 2 aliphatic heterocycles. The molecule has 0 aromatic carbocycles. The lowest BCUT2D eigenvalue weighted by Gasteiger charge is -2.35. The van der Waals surface area contributed by atoms with Crippen LogP contribution in [0.1, 0.15) is 41.4 Å². The summed E-state index contributed by atoms with van der Waals surface area (Å²) in [5.74, 6) is 0.765. The van der Waals surface area contributed by atoms with Crippen LogP contribution >= 0.6 is 11.3 Å². The number of amides is 1. The van der Waals surface area contributed by atoms with Gasteiger partial charge in [-0.05, 0) is 48.8 Å². The zero-order valence-electron chi connectivity index (χ0n) is 15.0. The molecule has 2 aromatic rings. The lowest BCUT2D eigenvalue weighted by atomic mass is 10.0. The summed E-state index contributed by atoms with van der Waals surface area (Å²) in [5.41, 5.74) is 2.00. The van der Waals surface area contributed by atoms with E-state index < -0.39 is 0 Å². The van der Waals surface area contributed by atoms with Crippen molar-refractivity contribution in [3.05, 3.63) is 46.4 Å². The van der Waals surface area contributed by atoms with Crippen LogP contribution in [0, 0.1) is 5.92 Å². The predicted molar refractivity (Wildman–Crippen MR) is 102 cm³/mol. The Hall–Kier alpha value is -1.63. The molecular weight excluding hydrogens is 348 g/mol. The molecule has 2 aromatic heterocycles. The minimum absolute atomic E-state index is 0.131. The Labute approximate surface area is 158 Å². The third kappa shape index (κ3) is 4.03. The van der Waals surface area contributed by atoms with Crippen LogP contribution in [0.4, 0.5) is 0 Å². The molecule has 0 unspecified atom stereocenters. The summed E-state index contributed by atoms with van der Waals surface area (Å²) in [6.45, 7) is 4.72. The highest BCUT2D eigenvalue weighted by molar-refractivity contribution is 7.08. The van der Waals surface area contributed by atoms with Crippen LogP contribution in [0.15, 0.2) is 35.2 Å². The van der Waals surface area contributed by atoms with Gasteiger partial charge in [-0.15, -0.1) is 0 Å². The largest absolute Gasteiger partial charge is 0.381 e. The number of carbonyl (C=O) groups is 1. The van der Waals surface area contributed by atoms with Crippen molar-refractivity contribution in [1.82, 2.24) is 9.47 Å². The summed E-state index contributed by atoms with van der Waals surface area (Å²) in [6.07, 6.45) is 5.27. The average Bonchev–Trinajstić information content (AvgIpc) is 3.37. The van der Waals surface area contributed by atoms with Crippen molar-refractivity contribution in [2.45, 2.75) is 31.8 Å². The molecule has 0 radical (unpaired) electrons. The van der Waals surface area contributed by atoms with Gasteiger partial charge in [-0.3, -0.25) is 4.79 Å². The van der Waals surface area contributed by atoms with Crippen molar-refractivity contribution in [2.75, 3.05) is 33.0 Å². The molecule has 5 nitrogen and oxygen atoms in total. The summed E-state index contributed by atoms with van der Waals surface area (Å²) in [4.78, 5) is 14.7. The number of aromatic nitrogens is 1. The van der Waals surface area contributed by atoms with E-state index >= 15 is 0 Å². The molecule has 4 heterocycles. The first-order valence-electron chi connectivity index (χ1n) is 9.44. The molecule has 0 aliphatic carbocycles. The highest BCUT2D eigenvalue weighted by Crippen LogP contribution is 2.26. The summed E-state index contributed by atoms with van der Waals surface area (Å²) in [7, 11) is 0. The summed E-state index contributed by atoms with van der Waals surface area (Å²) < 4.78 is 13.7. The molecule has 2 aliphatic rings. The molecule has 0 saturated carbocycles. The Kier molecular flexibility index (Phi) is 5.72. The molecule has 0 spiro atoms. The van der Waals surface area contributed by atoms with Gasteiger partial charge in [0.15, 0.2) is 0 Å². The van der Waals surface area contributed by atoms with E-state index in [2.05, 4.69) is 22.9 Å². The maximum absolute atomic E-state index is 12.8. The first-order valence-corrected chi connectivity index (χ1v) is 10.4. The number of ether oxygens (including phenoxy) is 2. The number of thiophene rings is 1. The van der Waals surface area contributed by atoms with Crippen LogP contribution in [0.3, 0.4) is 0 Å². The fraction of sp³-hybridized carbons (Fsp3) is 0.550. The van der Waals surface area contributed by atoms with Gasteiger partial charge in [0.1, 0.15) is 0 Å². The van der Waals surface area contributed by atoms with Crippen LogP contribution in [-0.4, -0.2) is 48.3 Å². The van der Waals surface area contributed by atoms with Crippen molar-refractivity contribution < 1.29 is 14.3 Å². The monoisotopic (exact) mass is 374 g/mol. The molecule has 1 amide bonds. The fourth-order valence-electron chi connectivity index (χ4n) is 3.86. The predicted octanol–water partition coefficient (Wildman–Crippen LogP) is 3.58. The van der Waals surface area contributed by atoms with E-state index in [-0.39, 0.29) is 11.9 Å². The Bertz CT molecular complexity index is 706. The van der Waals surface area contributed by atoms with E-state index in [1.54, 1.807) is 11.3 Å². The smallest absolute Gasteiger partial charge is 0.255 e. The summed E-state index contributed by atoms with van der Waals surface area (Å²) in [6, 6.07) is 6.38. The van der Waals surface area contributed by atoms with Crippen LogP contribution in [-0.2, 0) is 16.0 Å². The van der Waals surface area contributed by atoms with Crippen molar-refractivity contribution in [3.63, 3.8) is 0 Å². The van der Waals surface area contributed by atoms with Gasteiger partial charge in [-0.2, -0.15) is 11.3 Å². The number of nitrogens with zero attached hydrogens (tertiary/aromatic N) is 2. The second-order valence-corrected chi connectivity index (χ2v) is 7.96. The van der Waals surface area contributed by atoms with Crippen molar-refractivity contribution in [2.24, 2.45) is 5.92 Å². The van der Waals surface area contributed by atoms with Crippen LogP contribution in [0.2, 0.25) is 0 Å². The summed E-state index contributed by atoms with van der Waals surface area (Å²) >= 11 is 1.57. The summed E-state index contributed by atoms with van der Waals surface area (Å²) in [5, 5.41) is 3.89. The Morgan fingerprint density at radius 3 is 3.00 bits per heavy atom. The molecule has 4 rings (SSSR count). The second kappa shape index (κ2) is 8.37. The third-order valence-electron chi connectivity index (χ3n) is 5.39. The van der Waals surface area contributed by atoms with Gasteiger partial charge in [-0.1, -0.05) is 0 Å². The number of fused-ring (bicyclic) bond motifs is 1. The second-order valence-electron chi connectivity index (χ2n) is 7.18. The fourth-order valence-corrected chi connectivity index (χ4v) is 4.49. The third-order valence-corrected chi connectivity index (χ3v) is 6.07. The minimum Gasteiger partial charge on any atom is -0.381 e. The van der Waals surface area contributed by atoms with Gasteiger partial charge < -0.3 is 18.9 Å². The topological polar surface area (TPSA) is 43.7 Å². The highest BCUT2D eigenvalue weighted by atomic mass is 32.1. The molecule has 1 atom stereocenters. The molecule has 1 fully saturated rings. The zero-order valence-corrected chi connectivity index (χ0v) is 15.8. The molecule has 0 N–H and O–H groups in total. The first kappa shape index (κ1) is 17.8. The van der Waals surface area contributed by atoms with Gasteiger partial charge >= 0.3 is 0 Å². The van der Waals surface area contributed by atoms with Crippen LogP contribution < -0.4 is 0 Å². The van der Waals surface area contributed by atoms with E-state index in [0.717, 1.165) is 57.8 Å². The van der Waals surface area contributed by atoms with Gasteiger partial charge in [0.2, 0.25) is 0 Å².